The Morgan fingerprint density at radius 3 is 0.951 bits per heavy atom. The van der Waals surface area contributed by atoms with Crippen molar-refractivity contribution < 1.29 is 52.2 Å². The molecule has 82 heavy (non-hydrogen) atoms. The third-order valence-corrected chi connectivity index (χ3v) is 12.8. The molecule has 16 nitrogen and oxygen atoms in total. The topological polar surface area (TPSA) is 215 Å². The van der Waals surface area contributed by atoms with Crippen LogP contribution in [0.2, 0.25) is 0 Å². The predicted molar refractivity (Wildman–Crippen MR) is 313 cm³/mol. The highest BCUT2D eigenvalue weighted by molar-refractivity contribution is 6.59. The molecular formula is C61H57B2F3N8O8. The van der Waals surface area contributed by atoms with E-state index in [0.29, 0.717) is 22.7 Å². The zero-order valence-electron chi connectivity index (χ0n) is 44.5. The molecule has 0 bridgehead atoms. The van der Waals surface area contributed by atoms with E-state index in [4.69, 9.17) is 39.0 Å². The summed E-state index contributed by atoms with van der Waals surface area (Å²) < 4.78 is 62.5. The lowest BCUT2D eigenvalue weighted by Crippen LogP contribution is -2.29. The highest BCUT2D eigenvalue weighted by Crippen LogP contribution is 2.28. The van der Waals surface area contributed by atoms with E-state index >= 15 is 0 Å². The van der Waals surface area contributed by atoms with Crippen LogP contribution in [0.3, 0.4) is 0 Å². The van der Waals surface area contributed by atoms with Crippen molar-refractivity contribution in [2.24, 2.45) is 20.4 Å². The van der Waals surface area contributed by atoms with Crippen molar-refractivity contribution in [2.75, 3.05) is 26.2 Å². The molecule has 0 fully saturated rings. The fourth-order valence-corrected chi connectivity index (χ4v) is 8.38. The Morgan fingerprint density at radius 1 is 0.354 bits per heavy atom. The van der Waals surface area contributed by atoms with E-state index in [1.165, 1.54) is 23.8 Å². The number of nitrogens with one attached hydrogen (secondary N) is 4. The summed E-state index contributed by atoms with van der Waals surface area (Å²) in [5.74, 6) is 2.08. The lowest BCUT2D eigenvalue weighted by atomic mass is 9.80. The second kappa shape index (κ2) is 28.1. The summed E-state index contributed by atoms with van der Waals surface area (Å²) in [4.78, 5) is 0. The molecule has 0 aliphatic carbocycles. The molecule has 0 amide bonds. The molecule has 21 heteroatoms. The summed E-state index contributed by atoms with van der Waals surface area (Å²) >= 11 is 0. The molecule has 0 saturated carbocycles. The number of rotatable bonds is 14. The first kappa shape index (κ1) is 57.3. The van der Waals surface area contributed by atoms with Gasteiger partial charge < -0.3 is 60.7 Å². The van der Waals surface area contributed by atoms with E-state index in [2.05, 4.69) is 61.2 Å². The molecule has 4 aliphatic heterocycles. The van der Waals surface area contributed by atoms with Crippen LogP contribution in [0.1, 0.15) is 53.5 Å². The van der Waals surface area contributed by atoms with Gasteiger partial charge in [-0.2, -0.15) is 20.4 Å². The molecule has 0 atom stereocenters. The Kier molecular flexibility index (Phi) is 19.7. The van der Waals surface area contributed by atoms with Gasteiger partial charge in [-0.25, -0.2) is 13.2 Å². The normalized spacial score (nSPS) is 13.7. The first-order valence-electron chi connectivity index (χ1n) is 26.3. The predicted octanol–water partition coefficient (Wildman–Crippen LogP) is 8.79. The van der Waals surface area contributed by atoms with Crippen LogP contribution < -0.4 is 51.6 Å². The van der Waals surface area contributed by atoms with Crippen LogP contribution in [0.4, 0.5) is 13.2 Å². The molecule has 0 aromatic heterocycles. The van der Waals surface area contributed by atoms with Gasteiger partial charge in [0, 0.05) is 57.9 Å². The third-order valence-electron chi connectivity index (χ3n) is 12.8. The Labute approximate surface area is 472 Å². The number of hydrogen-bond acceptors (Lipinski definition) is 16. The van der Waals surface area contributed by atoms with Crippen molar-refractivity contribution in [3.63, 3.8) is 0 Å². The highest BCUT2D eigenvalue weighted by atomic mass is 19.1. The minimum Gasteiger partial charge on any atom is -0.457 e. The molecular weight excluding hydrogens is 1050 g/mol. The third kappa shape index (κ3) is 16.4. The van der Waals surface area contributed by atoms with Crippen LogP contribution in [0.15, 0.2) is 202 Å². The maximum absolute atomic E-state index is 13.8. The number of nitrogens with zero attached hydrogens (tertiary/aromatic N) is 4. The van der Waals surface area contributed by atoms with Crippen LogP contribution in [0.25, 0.3) is 0 Å². The fourth-order valence-electron chi connectivity index (χ4n) is 8.38. The minimum absolute atomic E-state index is 0.000904. The molecule has 416 valence electrons. The maximum atomic E-state index is 13.8. The number of benzene rings is 8. The van der Waals surface area contributed by atoms with Gasteiger partial charge in [-0.05, 0) is 186 Å². The van der Waals surface area contributed by atoms with Gasteiger partial charge in [0.1, 0.15) is 40.3 Å². The molecule has 8 aromatic rings. The number of aryl methyl sites for hydroxylation is 1. The molecule has 12 rings (SSSR count). The Hall–Kier alpha value is -9.40. The van der Waals surface area contributed by atoms with Gasteiger partial charge in [-0.3, -0.25) is 0 Å². The van der Waals surface area contributed by atoms with Gasteiger partial charge in [0.2, 0.25) is 0 Å². The van der Waals surface area contributed by atoms with Gasteiger partial charge in [0.05, 0.1) is 22.8 Å². The molecule has 8 N–H and O–H groups in total. The number of ether oxygens (including phenoxy) is 4. The van der Waals surface area contributed by atoms with Crippen molar-refractivity contribution >= 4 is 48.0 Å². The summed E-state index contributed by atoms with van der Waals surface area (Å²) in [6.45, 7) is 5.55. The summed E-state index contributed by atoms with van der Waals surface area (Å²) in [6, 6.07) is 51.9. The largest absolute Gasteiger partial charge is 0.488 e. The van der Waals surface area contributed by atoms with E-state index in [9.17, 15) is 13.2 Å². The van der Waals surface area contributed by atoms with Gasteiger partial charge in [-0.1, -0.05) is 35.9 Å². The first-order valence-corrected chi connectivity index (χ1v) is 26.3. The van der Waals surface area contributed by atoms with E-state index < -0.39 is 31.7 Å². The Bertz CT molecular complexity index is 3520. The summed E-state index contributed by atoms with van der Waals surface area (Å²) in [5.41, 5.74) is 21.9. The zero-order chi connectivity index (χ0) is 57.2. The summed E-state index contributed by atoms with van der Waals surface area (Å²) in [6.07, 6.45) is 3.68. The van der Waals surface area contributed by atoms with E-state index in [1.807, 2.05) is 84.9 Å². The fraction of sp³-hybridized carbons (Fsp3) is 0.148. The lowest BCUT2D eigenvalue weighted by Gasteiger charge is -2.09. The number of hydrogen-bond donors (Lipinski definition) is 8. The van der Waals surface area contributed by atoms with Crippen molar-refractivity contribution in [3.8, 4) is 46.0 Å². The number of hydrazone groups is 4. The van der Waals surface area contributed by atoms with Crippen LogP contribution in [0.5, 0.6) is 46.0 Å². The van der Waals surface area contributed by atoms with Gasteiger partial charge in [0.25, 0.3) is 0 Å². The second-order valence-electron chi connectivity index (χ2n) is 18.8. The highest BCUT2D eigenvalue weighted by Gasteiger charge is 2.17. The zero-order valence-corrected chi connectivity index (χ0v) is 44.5. The van der Waals surface area contributed by atoms with E-state index in [0.717, 1.165) is 132 Å². The van der Waals surface area contributed by atoms with Crippen molar-refractivity contribution in [3.05, 3.63) is 227 Å². The van der Waals surface area contributed by atoms with E-state index in [-0.39, 0.29) is 17.0 Å². The maximum Gasteiger partial charge on any atom is 0.488 e. The second-order valence-corrected chi connectivity index (χ2v) is 18.8. The average Bonchev–Trinajstić information content (AvgIpc) is 4.38. The Balaban J connectivity index is 0.000000132. The Morgan fingerprint density at radius 2 is 0.646 bits per heavy atom. The molecule has 0 unspecified atom stereocenters. The van der Waals surface area contributed by atoms with Crippen LogP contribution >= 0.6 is 0 Å². The summed E-state index contributed by atoms with van der Waals surface area (Å²) in [5, 5.41) is 52.9. The first-order chi connectivity index (χ1) is 39.9. The monoisotopic (exact) mass is 1110 g/mol. The van der Waals surface area contributed by atoms with E-state index in [1.54, 1.807) is 48.5 Å². The summed E-state index contributed by atoms with van der Waals surface area (Å²) in [7, 11) is -3.16. The molecule has 8 aromatic carbocycles. The molecule has 0 spiro atoms. The molecule has 0 saturated heterocycles. The molecule has 4 heterocycles. The molecule has 0 radical (unpaired) electrons. The van der Waals surface area contributed by atoms with Crippen molar-refractivity contribution in [1.29, 1.82) is 0 Å². The van der Waals surface area contributed by atoms with Gasteiger partial charge in [-0.15, -0.1) is 0 Å². The smallest absolute Gasteiger partial charge is 0.457 e. The quantitative estimate of drug-likeness (QED) is 0.0480. The SMILES string of the molecule is Cc1ccc(Oc2ccc(C3=NNCC3)cc2)cc1.Fc1ccc(Oc2ccc(C3=NNCC3)cc2)c(F)c1.OB(O)c1ccc(Oc2ccc(C3=NNCC3)cc2)c(F)c1.OB(O)c1ccc(Oc2ccc(C3=NNCC3)cc2)cc1. The minimum atomic E-state index is -1.70. The standard InChI is InChI=1S/C16H16N2O.C15H14BFN2O3.C15H15BN2O3.C15H12F2N2O/c1-12-2-6-14(7-3-12)19-15-8-4-13(5-9-15)16-10-11-17-18-16;17-13-9-11(16(20)21)3-6-15(13)22-12-4-1-10(2-5-12)14-7-8-18-19-14;19-16(20)12-3-7-14(8-4-12)21-13-5-1-11(2-6-13)15-9-10-17-18-15;16-11-3-6-15(13(17)9-11)20-12-4-1-10(2-5-12)14-7-8-18-19-14/h2-9,17H,10-11H2,1H3;1-6,9,18,20-21H,7-8H2;1-8,17,19-20H,9-10H2;1-6,9,18H,7-8H2. The average molecular weight is 1110 g/mol. The lowest BCUT2D eigenvalue weighted by molar-refractivity contribution is 0.423. The van der Waals surface area contributed by atoms with Crippen LogP contribution in [0, 0.1) is 24.4 Å². The van der Waals surface area contributed by atoms with Crippen molar-refractivity contribution in [2.45, 2.75) is 32.6 Å². The van der Waals surface area contributed by atoms with Crippen LogP contribution in [-0.2, 0) is 0 Å². The van der Waals surface area contributed by atoms with Gasteiger partial charge >= 0.3 is 14.2 Å². The van der Waals surface area contributed by atoms with Crippen LogP contribution in [-0.4, -0.2) is 83.4 Å². The number of halogens is 3. The van der Waals surface area contributed by atoms with Gasteiger partial charge in [0.15, 0.2) is 23.1 Å². The van der Waals surface area contributed by atoms with Crippen molar-refractivity contribution in [1.82, 2.24) is 21.7 Å². The molecule has 4 aliphatic rings.